The van der Waals surface area contributed by atoms with Gasteiger partial charge < -0.3 is 5.32 Å². The summed E-state index contributed by atoms with van der Waals surface area (Å²) in [6.07, 6.45) is 2.92. The van der Waals surface area contributed by atoms with Crippen molar-refractivity contribution < 1.29 is 13.2 Å². The summed E-state index contributed by atoms with van der Waals surface area (Å²) in [6, 6.07) is 1.44. The fraction of sp³-hybridized carbons (Fsp3) is 0.533. The van der Waals surface area contributed by atoms with Gasteiger partial charge in [0.1, 0.15) is 11.5 Å². The fourth-order valence-electron chi connectivity index (χ4n) is 2.71. The van der Waals surface area contributed by atoms with Crippen LogP contribution in [0.5, 0.6) is 0 Å². The second kappa shape index (κ2) is 6.64. The standard InChI is InChI=1S/C15H20N4O3S2/c1-10(2)7-14-17-12(8-23-14)15(20)18-13-3-5-16-19(13)11-4-6-24(21,22)9-11/h3,5,8,10-11H,4,6-7,9H2,1-2H3,(H,18,20). The molecule has 0 bridgehead atoms. The number of sulfone groups is 1. The molecule has 3 heterocycles. The molecule has 0 spiro atoms. The average molecular weight is 368 g/mol. The van der Waals surface area contributed by atoms with Gasteiger partial charge in [0.05, 0.1) is 28.8 Å². The van der Waals surface area contributed by atoms with Crippen molar-refractivity contribution in [1.29, 1.82) is 0 Å². The third kappa shape index (κ3) is 3.84. The van der Waals surface area contributed by atoms with Crippen LogP contribution in [0.25, 0.3) is 0 Å². The molecular formula is C15H20N4O3S2. The molecule has 130 valence electrons. The molecule has 7 nitrogen and oxygen atoms in total. The zero-order chi connectivity index (χ0) is 17.3. The molecule has 0 aliphatic carbocycles. The second-order valence-electron chi connectivity index (χ2n) is 6.40. The summed E-state index contributed by atoms with van der Waals surface area (Å²) in [4.78, 5) is 16.7. The Morgan fingerprint density at radius 3 is 2.96 bits per heavy atom. The smallest absolute Gasteiger partial charge is 0.276 e. The zero-order valence-electron chi connectivity index (χ0n) is 13.6. The maximum atomic E-state index is 12.4. The van der Waals surface area contributed by atoms with Gasteiger partial charge in [-0.3, -0.25) is 4.79 Å². The molecule has 1 aliphatic rings. The Hall–Kier alpha value is -1.74. The van der Waals surface area contributed by atoms with Crippen molar-refractivity contribution in [2.75, 3.05) is 16.8 Å². The number of carbonyl (C=O) groups is 1. The van der Waals surface area contributed by atoms with Gasteiger partial charge in [-0.1, -0.05) is 13.8 Å². The number of anilines is 1. The molecule has 0 radical (unpaired) electrons. The van der Waals surface area contributed by atoms with Gasteiger partial charge in [0.15, 0.2) is 9.84 Å². The molecule has 2 aromatic rings. The highest BCUT2D eigenvalue weighted by atomic mass is 32.2. The lowest BCUT2D eigenvalue weighted by atomic mass is 10.1. The van der Waals surface area contributed by atoms with Crippen LogP contribution in [-0.2, 0) is 16.3 Å². The van der Waals surface area contributed by atoms with Gasteiger partial charge >= 0.3 is 0 Å². The van der Waals surface area contributed by atoms with Gasteiger partial charge in [-0.25, -0.2) is 18.1 Å². The van der Waals surface area contributed by atoms with Gasteiger partial charge in [-0.2, -0.15) is 5.10 Å². The van der Waals surface area contributed by atoms with Gasteiger partial charge in [0, 0.05) is 17.9 Å². The molecule has 1 fully saturated rings. The molecule has 1 atom stereocenters. The fourth-order valence-corrected chi connectivity index (χ4v) is 5.39. The normalized spacial score (nSPS) is 19.7. The Kier molecular flexibility index (Phi) is 4.73. The molecule has 0 aromatic carbocycles. The summed E-state index contributed by atoms with van der Waals surface area (Å²) in [6.45, 7) is 4.21. The van der Waals surface area contributed by atoms with E-state index in [9.17, 15) is 13.2 Å². The number of carbonyl (C=O) groups excluding carboxylic acids is 1. The van der Waals surface area contributed by atoms with Crippen LogP contribution in [0.4, 0.5) is 5.82 Å². The van der Waals surface area contributed by atoms with Crippen LogP contribution in [0.2, 0.25) is 0 Å². The lowest BCUT2D eigenvalue weighted by Crippen LogP contribution is -2.19. The highest BCUT2D eigenvalue weighted by Crippen LogP contribution is 2.26. The zero-order valence-corrected chi connectivity index (χ0v) is 15.2. The number of amides is 1. The Bertz CT molecular complexity index is 839. The van der Waals surface area contributed by atoms with E-state index in [0.717, 1.165) is 11.4 Å². The maximum Gasteiger partial charge on any atom is 0.276 e. The van der Waals surface area contributed by atoms with Crippen molar-refractivity contribution in [1.82, 2.24) is 14.8 Å². The van der Waals surface area contributed by atoms with Crippen molar-refractivity contribution in [2.45, 2.75) is 32.7 Å². The van der Waals surface area contributed by atoms with E-state index in [-0.39, 0.29) is 23.5 Å². The summed E-state index contributed by atoms with van der Waals surface area (Å²) < 4.78 is 24.9. The first-order chi connectivity index (χ1) is 11.3. The number of nitrogens with zero attached hydrogens (tertiary/aromatic N) is 3. The molecule has 3 rings (SSSR count). The summed E-state index contributed by atoms with van der Waals surface area (Å²) >= 11 is 1.47. The van der Waals surface area contributed by atoms with E-state index in [4.69, 9.17) is 0 Å². The second-order valence-corrected chi connectivity index (χ2v) is 9.57. The molecule has 24 heavy (non-hydrogen) atoms. The van der Waals surface area contributed by atoms with E-state index in [2.05, 4.69) is 29.2 Å². The molecule has 9 heteroatoms. The van der Waals surface area contributed by atoms with E-state index < -0.39 is 9.84 Å². The van der Waals surface area contributed by atoms with E-state index in [0.29, 0.717) is 23.9 Å². The molecular weight excluding hydrogens is 348 g/mol. The minimum absolute atomic E-state index is 0.0623. The molecule has 1 unspecified atom stereocenters. The van der Waals surface area contributed by atoms with Gasteiger partial charge in [0.25, 0.3) is 5.91 Å². The number of hydrogen-bond acceptors (Lipinski definition) is 6. The third-order valence-corrected chi connectivity index (χ3v) is 6.45. The van der Waals surface area contributed by atoms with Crippen LogP contribution in [-0.4, -0.2) is 40.6 Å². The molecule has 2 aromatic heterocycles. The van der Waals surface area contributed by atoms with Crippen molar-refractivity contribution in [3.63, 3.8) is 0 Å². The average Bonchev–Trinajstić information content (AvgIpc) is 3.18. The monoisotopic (exact) mass is 368 g/mol. The first kappa shape index (κ1) is 17.1. The van der Waals surface area contributed by atoms with Crippen molar-refractivity contribution >= 4 is 32.9 Å². The highest BCUT2D eigenvalue weighted by molar-refractivity contribution is 7.91. The predicted octanol–water partition coefficient (Wildman–Crippen LogP) is 2.15. The lowest BCUT2D eigenvalue weighted by Gasteiger charge is -2.13. The number of rotatable bonds is 5. The van der Waals surface area contributed by atoms with E-state index >= 15 is 0 Å². The van der Waals surface area contributed by atoms with Gasteiger partial charge in [-0.05, 0) is 12.3 Å². The van der Waals surface area contributed by atoms with Crippen molar-refractivity contribution in [2.24, 2.45) is 5.92 Å². The highest BCUT2D eigenvalue weighted by Gasteiger charge is 2.31. The van der Waals surface area contributed by atoms with E-state index in [1.54, 1.807) is 22.3 Å². The Labute approximate surface area is 145 Å². The SMILES string of the molecule is CC(C)Cc1nc(C(=O)Nc2ccnn2C2CCS(=O)(=O)C2)cs1. The van der Waals surface area contributed by atoms with Crippen molar-refractivity contribution in [3.05, 3.63) is 28.3 Å². The maximum absolute atomic E-state index is 12.4. The summed E-state index contributed by atoms with van der Waals surface area (Å²) in [5.74, 6) is 0.907. The predicted molar refractivity (Wildman–Crippen MR) is 93.1 cm³/mol. The third-order valence-electron chi connectivity index (χ3n) is 3.83. The van der Waals surface area contributed by atoms with E-state index in [1.807, 2.05) is 0 Å². The minimum atomic E-state index is -3.01. The summed E-state index contributed by atoms with van der Waals surface area (Å²) in [7, 11) is -3.01. The number of hydrogen-bond donors (Lipinski definition) is 1. The van der Waals surface area contributed by atoms with Crippen molar-refractivity contribution in [3.8, 4) is 0 Å². The van der Waals surface area contributed by atoms with Crippen LogP contribution >= 0.6 is 11.3 Å². The molecule has 1 amide bonds. The minimum Gasteiger partial charge on any atom is -0.305 e. The van der Waals surface area contributed by atoms with Gasteiger partial charge in [0.2, 0.25) is 0 Å². The first-order valence-electron chi connectivity index (χ1n) is 7.84. The summed E-state index contributed by atoms with van der Waals surface area (Å²) in [5.41, 5.74) is 0.377. The number of aromatic nitrogens is 3. The molecule has 0 saturated carbocycles. The van der Waals surface area contributed by atoms with Crippen LogP contribution in [0, 0.1) is 5.92 Å². The Morgan fingerprint density at radius 1 is 1.50 bits per heavy atom. The lowest BCUT2D eigenvalue weighted by molar-refractivity contribution is 0.102. The summed E-state index contributed by atoms with van der Waals surface area (Å²) in [5, 5.41) is 9.64. The van der Waals surface area contributed by atoms with Crippen LogP contribution < -0.4 is 5.32 Å². The number of nitrogens with one attached hydrogen (secondary N) is 1. The number of thiazole rings is 1. The molecule has 1 N–H and O–H groups in total. The largest absolute Gasteiger partial charge is 0.305 e. The molecule has 1 saturated heterocycles. The Balaban J connectivity index is 1.72. The van der Waals surface area contributed by atoms with Gasteiger partial charge in [-0.15, -0.1) is 11.3 Å². The molecule has 1 aliphatic heterocycles. The van der Waals surface area contributed by atoms with E-state index in [1.165, 1.54) is 11.3 Å². The van der Waals surface area contributed by atoms with Crippen LogP contribution in [0.15, 0.2) is 17.6 Å². The quantitative estimate of drug-likeness (QED) is 0.873. The van der Waals surface area contributed by atoms with Crippen LogP contribution in [0.1, 0.15) is 41.8 Å². The topological polar surface area (TPSA) is 93.9 Å². The van der Waals surface area contributed by atoms with Crippen LogP contribution in [0.3, 0.4) is 0 Å². The Morgan fingerprint density at radius 2 is 2.29 bits per heavy atom. The first-order valence-corrected chi connectivity index (χ1v) is 10.5.